The molecule has 0 saturated carbocycles. The summed E-state index contributed by atoms with van der Waals surface area (Å²) in [4.78, 5) is 31.2. The van der Waals surface area contributed by atoms with E-state index in [0.717, 1.165) is 37.3 Å². The highest BCUT2D eigenvalue weighted by Gasteiger charge is 2.45. The van der Waals surface area contributed by atoms with Gasteiger partial charge in [0.15, 0.2) is 11.5 Å². The van der Waals surface area contributed by atoms with Crippen molar-refractivity contribution in [2.45, 2.75) is 18.4 Å². The van der Waals surface area contributed by atoms with Gasteiger partial charge in [-0.3, -0.25) is 0 Å². The highest BCUT2D eigenvalue weighted by Crippen LogP contribution is 2.34. The molecule has 2 aromatic heterocycles. The molecule has 2 saturated heterocycles. The van der Waals surface area contributed by atoms with Crippen LogP contribution in [0.25, 0.3) is 11.2 Å². The van der Waals surface area contributed by atoms with Crippen LogP contribution in [0.15, 0.2) is 12.7 Å². The van der Waals surface area contributed by atoms with E-state index in [4.69, 9.17) is 4.74 Å². The smallest absolute Gasteiger partial charge is 0.410 e. The number of likely N-dealkylation sites (N-methyl/N-ethyl adjacent to an activating group) is 1. The molecule has 1 amide bonds. The molecule has 2 aromatic rings. The number of hydrogen-bond donors (Lipinski definition) is 1. The molecule has 0 bridgehead atoms. The van der Waals surface area contributed by atoms with E-state index < -0.39 is 0 Å². The Kier molecular flexibility index (Phi) is 2.54. The van der Waals surface area contributed by atoms with Crippen LogP contribution in [0.5, 0.6) is 0 Å². The average Bonchev–Trinajstić information content (AvgIpc) is 3.05. The Balaban J connectivity index is 1.56. The summed E-state index contributed by atoms with van der Waals surface area (Å²) in [6.07, 6.45) is 4.56. The standard InChI is InChI=1S/C13H16N6O2/c1-18-6-13(21-12(18)20)2-4-19(5-3-13)11-9-10(15-7-14-9)16-8-17-11/h7-8H,2-6H2,1H3,(H,14,15,16,17). The van der Waals surface area contributed by atoms with Crippen LogP contribution in [0, 0.1) is 0 Å². The van der Waals surface area contributed by atoms with E-state index in [9.17, 15) is 4.79 Å². The molecule has 0 unspecified atom stereocenters. The van der Waals surface area contributed by atoms with Crippen LogP contribution < -0.4 is 4.90 Å². The minimum absolute atomic E-state index is 0.221. The predicted molar refractivity (Wildman–Crippen MR) is 75.0 cm³/mol. The Bertz CT molecular complexity index is 691. The van der Waals surface area contributed by atoms with Crippen LogP contribution >= 0.6 is 0 Å². The zero-order chi connectivity index (χ0) is 14.4. The first kappa shape index (κ1) is 12.4. The number of carbonyl (C=O) groups is 1. The fourth-order valence-electron chi connectivity index (χ4n) is 3.17. The lowest BCUT2D eigenvalue weighted by atomic mass is 9.91. The zero-order valence-electron chi connectivity index (χ0n) is 11.7. The molecule has 4 heterocycles. The van der Waals surface area contributed by atoms with E-state index in [0.29, 0.717) is 12.2 Å². The molecule has 1 N–H and O–H groups in total. The first-order valence-corrected chi connectivity index (χ1v) is 7.00. The summed E-state index contributed by atoms with van der Waals surface area (Å²) < 4.78 is 5.57. The van der Waals surface area contributed by atoms with Crippen LogP contribution in [0.2, 0.25) is 0 Å². The second-order valence-corrected chi connectivity index (χ2v) is 5.69. The summed E-state index contributed by atoms with van der Waals surface area (Å²) in [6.45, 7) is 2.27. The minimum atomic E-state index is -0.331. The number of anilines is 1. The predicted octanol–water partition coefficient (Wildman–Crippen LogP) is 0.774. The molecule has 0 atom stereocenters. The molecular weight excluding hydrogens is 272 g/mol. The molecular formula is C13H16N6O2. The van der Waals surface area contributed by atoms with Crippen molar-refractivity contribution in [3.63, 3.8) is 0 Å². The van der Waals surface area contributed by atoms with Crippen molar-refractivity contribution in [3.8, 4) is 0 Å². The second-order valence-electron chi connectivity index (χ2n) is 5.69. The molecule has 4 rings (SSSR count). The van der Waals surface area contributed by atoms with Gasteiger partial charge in [0.25, 0.3) is 0 Å². The van der Waals surface area contributed by atoms with Crippen LogP contribution in [0.3, 0.4) is 0 Å². The van der Waals surface area contributed by atoms with Crippen molar-refractivity contribution >= 4 is 23.1 Å². The second kappa shape index (κ2) is 4.31. The van der Waals surface area contributed by atoms with Gasteiger partial charge in [-0.2, -0.15) is 0 Å². The number of fused-ring (bicyclic) bond motifs is 1. The Morgan fingerprint density at radius 1 is 1.29 bits per heavy atom. The third kappa shape index (κ3) is 1.90. The van der Waals surface area contributed by atoms with Crippen molar-refractivity contribution < 1.29 is 9.53 Å². The fourth-order valence-corrected chi connectivity index (χ4v) is 3.17. The molecule has 21 heavy (non-hydrogen) atoms. The van der Waals surface area contributed by atoms with Gasteiger partial charge in [-0.05, 0) is 0 Å². The van der Waals surface area contributed by atoms with Crippen LogP contribution in [-0.2, 0) is 4.74 Å². The molecule has 2 aliphatic rings. The molecule has 0 aliphatic carbocycles. The summed E-state index contributed by atoms with van der Waals surface area (Å²) >= 11 is 0. The normalized spacial score (nSPS) is 21.3. The van der Waals surface area contributed by atoms with Crippen LogP contribution in [-0.4, -0.2) is 63.2 Å². The number of ether oxygens (including phenoxy) is 1. The first-order chi connectivity index (χ1) is 10.2. The quantitative estimate of drug-likeness (QED) is 0.834. The number of H-pyrrole nitrogens is 1. The van der Waals surface area contributed by atoms with Gasteiger partial charge in [0, 0.05) is 33.0 Å². The van der Waals surface area contributed by atoms with E-state index in [1.165, 1.54) is 6.33 Å². The lowest BCUT2D eigenvalue weighted by Crippen LogP contribution is -2.47. The Hall–Kier alpha value is -2.38. The number of hydrogen-bond acceptors (Lipinski definition) is 6. The minimum Gasteiger partial charge on any atom is -0.441 e. The van der Waals surface area contributed by atoms with E-state index >= 15 is 0 Å². The highest BCUT2D eigenvalue weighted by molar-refractivity contribution is 5.82. The number of nitrogens with zero attached hydrogens (tertiary/aromatic N) is 5. The molecule has 0 radical (unpaired) electrons. The van der Waals surface area contributed by atoms with Crippen molar-refractivity contribution in [1.82, 2.24) is 24.8 Å². The van der Waals surface area contributed by atoms with Crippen molar-refractivity contribution in [1.29, 1.82) is 0 Å². The van der Waals surface area contributed by atoms with Crippen molar-refractivity contribution in [3.05, 3.63) is 12.7 Å². The maximum Gasteiger partial charge on any atom is 0.410 e. The number of rotatable bonds is 1. The Morgan fingerprint density at radius 2 is 2.10 bits per heavy atom. The summed E-state index contributed by atoms with van der Waals surface area (Å²) in [7, 11) is 1.78. The van der Waals surface area contributed by atoms with Gasteiger partial charge >= 0.3 is 6.09 Å². The molecule has 1 spiro atoms. The molecule has 0 aromatic carbocycles. The van der Waals surface area contributed by atoms with Gasteiger partial charge in [-0.15, -0.1) is 0 Å². The number of piperidine rings is 1. The van der Waals surface area contributed by atoms with Gasteiger partial charge in [0.1, 0.15) is 17.4 Å². The molecule has 8 heteroatoms. The maximum atomic E-state index is 11.6. The van der Waals surface area contributed by atoms with Crippen LogP contribution in [0.4, 0.5) is 10.6 Å². The van der Waals surface area contributed by atoms with Gasteiger partial charge in [-0.25, -0.2) is 19.7 Å². The Labute approximate surface area is 121 Å². The summed E-state index contributed by atoms with van der Waals surface area (Å²) in [6, 6.07) is 0. The first-order valence-electron chi connectivity index (χ1n) is 7.00. The largest absolute Gasteiger partial charge is 0.441 e. The lowest BCUT2D eigenvalue weighted by molar-refractivity contribution is 0.0366. The number of aromatic nitrogens is 4. The summed E-state index contributed by atoms with van der Waals surface area (Å²) in [5.74, 6) is 0.866. The number of carbonyl (C=O) groups excluding carboxylic acids is 1. The third-order valence-corrected chi connectivity index (χ3v) is 4.32. The van der Waals surface area contributed by atoms with E-state index in [2.05, 4.69) is 24.8 Å². The molecule has 110 valence electrons. The van der Waals surface area contributed by atoms with Crippen molar-refractivity contribution in [2.24, 2.45) is 0 Å². The van der Waals surface area contributed by atoms with Crippen LogP contribution in [0.1, 0.15) is 12.8 Å². The fraction of sp³-hybridized carbons (Fsp3) is 0.538. The van der Waals surface area contributed by atoms with Gasteiger partial charge in [0.05, 0.1) is 12.9 Å². The van der Waals surface area contributed by atoms with E-state index in [1.54, 1.807) is 18.3 Å². The topological polar surface area (TPSA) is 87.2 Å². The average molecular weight is 288 g/mol. The number of imidazole rings is 1. The number of amides is 1. The molecule has 2 fully saturated rings. The number of aromatic amines is 1. The Morgan fingerprint density at radius 3 is 2.81 bits per heavy atom. The zero-order valence-corrected chi connectivity index (χ0v) is 11.7. The van der Waals surface area contributed by atoms with E-state index in [1.807, 2.05) is 0 Å². The summed E-state index contributed by atoms with van der Waals surface area (Å²) in [5.41, 5.74) is 1.20. The van der Waals surface area contributed by atoms with Gasteiger partial charge in [0.2, 0.25) is 0 Å². The molecule has 8 nitrogen and oxygen atoms in total. The summed E-state index contributed by atoms with van der Waals surface area (Å²) in [5, 5.41) is 0. The maximum absolute atomic E-state index is 11.6. The van der Waals surface area contributed by atoms with Crippen molar-refractivity contribution in [2.75, 3.05) is 31.6 Å². The van der Waals surface area contributed by atoms with Gasteiger partial charge < -0.3 is 19.5 Å². The highest BCUT2D eigenvalue weighted by atomic mass is 16.6. The number of nitrogens with one attached hydrogen (secondary N) is 1. The SMILES string of the molecule is CN1CC2(CCN(c3ncnc4nc[nH]c34)CC2)OC1=O. The van der Waals surface area contributed by atoms with E-state index in [-0.39, 0.29) is 11.7 Å². The monoisotopic (exact) mass is 288 g/mol. The lowest BCUT2D eigenvalue weighted by Gasteiger charge is -2.37. The molecule has 2 aliphatic heterocycles. The third-order valence-electron chi connectivity index (χ3n) is 4.32. The van der Waals surface area contributed by atoms with Gasteiger partial charge in [-0.1, -0.05) is 0 Å².